The first-order chi connectivity index (χ1) is 9.43. The van der Waals surface area contributed by atoms with Gasteiger partial charge in [-0.2, -0.15) is 0 Å². The highest BCUT2D eigenvalue weighted by Gasteiger charge is 2.17. The summed E-state index contributed by atoms with van der Waals surface area (Å²) < 4.78 is 17.6. The van der Waals surface area contributed by atoms with Crippen molar-refractivity contribution in [1.29, 1.82) is 0 Å². The van der Waals surface area contributed by atoms with Crippen LogP contribution in [0.4, 0.5) is 4.39 Å². The van der Waals surface area contributed by atoms with Gasteiger partial charge in [0.15, 0.2) is 0 Å². The van der Waals surface area contributed by atoms with Gasteiger partial charge in [0, 0.05) is 19.7 Å². The largest absolute Gasteiger partial charge is 0.469 e. The monoisotopic (exact) mass is 279 g/mol. The molecule has 108 valence electrons. The van der Waals surface area contributed by atoms with E-state index in [0.717, 1.165) is 0 Å². The van der Waals surface area contributed by atoms with Crippen LogP contribution in [-0.2, 0) is 14.3 Å². The molecule has 4 nitrogen and oxygen atoms in total. The number of hydrogen-bond donors (Lipinski definition) is 0. The minimum atomic E-state index is -0.392. The number of methoxy groups -OCH3 is 1. The minimum absolute atomic E-state index is 0.259. The molecule has 1 rings (SSSR count). The first kappa shape index (κ1) is 15.9. The molecule has 1 atom stereocenters. The summed E-state index contributed by atoms with van der Waals surface area (Å²) in [5, 5.41) is 0. The van der Waals surface area contributed by atoms with Crippen molar-refractivity contribution in [3.05, 3.63) is 41.7 Å². The number of nitrogens with zero attached hydrogens (tertiary/aromatic N) is 1. The Balaban J connectivity index is 2.59. The van der Waals surface area contributed by atoms with Crippen molar-refractivity contribution in [1.82, 2.24) is 4.90 Å². The predicted molar refractivity (Wildman–Crippen MR) is 74.3 cm³/mol. The molecule has 1 aromatic carbocycles. The van der Waals surface area contributed by atoms with E-state index in [9.17, 15) is 14.0 Å². The topological polar surface area (TPSA) is 46.6 Å². The Morgan fingerprint density at radius 1 is 1.45 bits per heavy atom. The third-order valence-electron chi connectivity index (χ3n) is 2.79. The lowest BCUT2D eigenvalue weighted by molar-refractivity contribution is -0.145. The van der Waals surface area contributed by atoms with Crippen molar-refractivity contribution in [3.63, 3.8) is 0 Å². The molecule has 0 radical (unpaired) electrons. The SMILES string of the molecule is COC(=O)C(C)CN(C)C(=O)C=Cc1cccc(F)c1. The van der Waals surface area contributed by atoms with Crippen LogP contribution in [0.3, 0.4) is 0 Å². The standard InChI is InChI=1S/C15H18FNO3/c1-11(15(19)20-3)10-17(2)14(18)8-7-12-5-4-6-13(16)9-12/h4-9,11H,10H2,1-3H3. The number of benzene rings is 1. The number of halogens is 1. The van der Waals surface area contributed by atoms with Crippen LogP contribution in [-0.4, -0.2) is 37.5 Å². The molecule has 0 aliphatic carbocycles. The lowest BCUT2D eigenvalue weighted by Crippen LogP contribution is -2.33. The van der Waals surface area contributed by atoms with Gasteiger partial charge < -0.3 is 9.64 Å². The Hall–Kier alpha value is -2.17. The zero-order valence-electron chi connectivity index (χ0n) is 11.8. The molecule has 1 amide bonds. The average Bonchev–Trinajstić information content (AvgIpc) is 2.43. The molecular formula is C15H18FNO3. The van der Waals surface area contributed by atoms with Gasteiger partial charge in [-0.1, -0.05) is 19.1 Å². The van der Waals surface area contributed by atoms with Gasteiger partial charge in [-0.05, 0) is 23.8 Å². The van der Waals surface area contributed by atoms with Gasteiger partial charge in [-0.25, -0.2) is 4.39 Å². The maximum atomic E-state index is 13.0. The van der Waals surface area contributed by atoms with Crippen LogP contribution in [0.25, 0.3) is 6.08 Å². The molecule has 5 heteroatoms. The first-order valence-electron chi connectivity index (χ1n) is 6.20. The fourth-order valence-corrected chi connectivity index (χ4v) is 1.68. The maximum Gasteiger partial charge on any atom is 0.310 e. The minimum Gasteiger partial charge on any atom is -0.469 e. The van der Waals surface area contributed by atoms with Gasteiger partial charge in [-0.15, -0.1) is 0 Å². The van der Waals surface area contributed by atoms with Crippen LogP contribution < -0.4 is 0 Å². The highest BCUT2D eigenvalue weighted by molar-refractivity contribution is 5.91. The molecule has 0 spiro atoms. The molecule has 0 aliphatic heterocycles. The second kappa shape index (κ2) is 7.43. The molecule has 0 heterocycles. The molecule has 0 saturated carbocycles. The Bertz CT molecular complexity index is 514. The van der Waals surface area contributed by atoms with Gasteiger partial charge in [-0.3, -0.25) is 9.59 Å². The summed E-state index contributed by atoms with van der Waals surface area (Å²) in [7, 11) is 2.90. The number of carbonyl (C=O) groups is 2. The number of hydrogen-bond acceptors (Lipinski definition) is 3. The number of carbonyl (C=O) groups excluding carboxylic acids is 2. The third-order valence-corrected chi connectivity index (χ3v) is 2.79. The lowest BCUT2D eigenvalue weighted by Gasteiger charge is -2.18. The fourth-order valence-electron chi connectivity index (χ4n) is 1.68. The Morgan fingerprint density at radius 2 is 2.15 bits per heavy atom. The molecule has 0 aromatic heterocycles. The summed E-state index contributed by atoms with van der Waals surface area (Å²) in [6, 6.07) is 5.94. The van der Waals surface area contributed by atoms with Crippen molar-refractivity contribution >= 4 is 18.0 Å². The Labute approximate surface area is 117 Å². The van der Waals surface area contributed by atoms with Crippen molar-refractivity contribution in [2.24, 2.45) is 5.92 Å². The van der Waals surface area contributed by atoms with Crippen LogP contribution >= 0.6 is 0 Å². The molecule has 0 fully saturated rings. The van der Waals surface area contributed by atoms with Crippen molar-refractivity contribution in [2.75, 3.05) is 20.7 Å². The van der Waals surface area contributed by atoms with Crippen LogP contribution in [0.5, 0.6) is 0 Å². The second-order valence-electron chi connectivity index (χ2n) is 4.53. The van der Waals surface area contributed by atoms with Gasteiger partial charge >= 0.3 is 5.97 Å². The Kier molecular flexibility index (Phi) is 5.90. The Morgan fingerprint density at radius 3 is 2.75 bits per heavy atom. The molecule has 0 N–H and O–H groups in total. The van der Waals surface area contributed by atoms with Crippen molar-refractivity contribution in [3.8, 4) is 0 Å². The predicted octanol–water partition coefficient (Wildman–Crippen LogP) is 2.11. The van der Waals surface area contributed by atoms with E-state index in [2.05, 4.69) is 4.74 Å². The zero-order chi connectivity index (χ0) is 15.1. The van der Waals surface area contributed by atoms with E-state index >= 15 is 0 Å². The number of likely N-dealkylation sites (N-methyl/N-ethyl adjacent to an activating group) is 1. The zero-order valence-corrected chi connectivity index (χ0v) is 11.8. The number of esters is 1. The van der Waals surface area contributed by atoms with E-state index in [1.165, 1.54) is 36.3 Å². The molecule has 0 bridgehead atoms. The fraction of sp³-hybridized carbons (Fsp3) is 0.333. The molecular weight excluding hydrogens is 261 g/mol. The third kappa shape index (κ3) is 4.84. The van der Waals surface area contributed by atoms with Crippen molar-refractivity contribution < 1.29 is 18.7 Å². The van der Waals surface area contributed by atoms with Crippen LogP contribution in [0.15, 0.2) is 30.3 Å². The normalized spacial score (nSPS) is 12.2. The van der Waals surface area contributed by atoms with E-state index in [0.29, 0.717) is 5.56 Å². The maximum absolute atomic E-state index is 13.0. The first-order valence-corrected chi connectivity index (χ1v) is 6.20. The number of ether oxygens (including phenoxy) is 1. The quantitative estimate of drug-likeness (QED) is 0.612. The van der Waals surface area contributed by atoms with E-state index in [4.69, 9.17) is 0 Å². The molecule has 1 unspecified atom stereocenters. The van der Waals surface area contributed by atoms with E-state index in [1.807, 2.05) is 0 Å². The van der Waals surface area contributed by atoms with Crippen LogP contribution in [0, 0.1) is 11.7 Å². The van der Waals surface area contributed by atoms with Crippen LogP contribution in [0.1, 0.15) is 12.5 Å². The highest BCUT2D eigenvalue weighted by atomic mass is 19.1. The molecule has 0 saturated heterocycles. The number of amides is 1. The van der Waals surface area contributed by atoms with E-state index < -0.39 is 5.92 Å². The summed E-state index contributed by atoms with van der Waals surface area (Å²) in [4.78, 5) is 24.5. The average molecular weight is 279 g/mol. The highest BCUT2D eigenvalue weighted by Crippen LogP contribution is 2.06. The van der Waals surface area contributed by atoms with E-state index in [-0.39, 0.29) is 24.2 Å². The summed E-state index contributed by atoms with van der Waals surface area (Å²) in [6.07, 6.45) is 2.88. The van der Waals surface area contributed by atoms with E-state index in [1.54, 1.807) is 26.1 Å². The molecule has 0 aliphatic rings. The van der Waals surface area contributed by atoms with Gasteiger partial charge in [0.25, 0.3) is 0 Å². The lowest BCUT2D eigenvalue weighted by atomic mass is 10.1. The smallest absolute Gasteiger partial charge is 0.310 e. The second-order valence-corrected chi connectivity index (χ2v) is 4.53. The van der Waals surface area contributed by atoms with Gasteiger partial charge in [0.1, 0.15) is 5.82 Å². The summed E-state index contributed by atoms with van der Waals surface area (Å²) in [5.74, 6) is -1.37. The summed E-state index contributed by atoms with van der Waals surface area (Å²) in [5.41, 5.74) is 0.604. The summed E-state index contributed by atoms with van der Waals surface area (Å²) in [6.45, 7) is 1.95. The van der Waals surface area contributed by atoms with Gasteiger partial charge in [0.2, 0.25) is 5.91 Å². The van der Waals surface area contributed by atoms with Crippen LogP contribution in [0.2, 0.25) is 0 Å². The van der Waals surface area contributed by atoms with Crippen molar-refractivity contribution in [2.45, 2.75) is 6.92 Å². The molecule has 20 heavy (non-hydrogen) atoms. The van der Waals surface area contributed by atoms with Gasteiger partial charge in [0.05, 0.1) is 13.0 Å². The summed E-state index contributed by atoms with van der Waals surface area (Å²) >= 11 is 0. The number of rotatable bonds is 5. The molecule has 1 aromatic rings.